The lowest BCUT2D eigenvalue weighted by atomic mass is 10.2. The van der Waals surface area contributed by atoms with Gasteiger partial charge in [-0.05, 0) is 90.9 Å². The lowest BCUT2D eigenvalue weighted by Gasteiger charge is -2.24. The van der Waals surface area contributed by atoms with Gasteiger partial charge in [-0.2, -0.15) is 5.26 Å². The molecule has 0 spiro atoms. The average Bonchev–Trinajstić information content (AvgIpc) is 3.61. The standard InChI is InChI=1S/C32H31N3O4S/c1-4-5-18-34-22-23(19-27(34)20-24(21-33)32(36)37)6-15-30-16-17-31(40-30)35(25-7-11-28(38-2)12-8-25)26-9-13-29(39-3)14-10-26/h6-17,19-20,22H,4-5,18H2,1-3H3,(H,36,37)/b15-6+,24-20+. The van der Waals surface area contributed by atoms with Crippen LogP contribution in [0.5, 0.6) is 11.5 Å². The molecular formula is C32H31N3O4S. The van der Waals surface area contributed by atoms with Crippen molar-refractivity contribution in [1.29, 1.82) is 5.26 Å². The molecule has 40 heavy (non-hydrogen) atoms. The Labute approximate surface area is 238 Å². The zero-order valence-electron chi connectivity index (χ0n) is 22.7. The highest BCUT2D eigenvalue weighted by atomic mass is 32.1. The molecule has 0 fully saturated rings. The Morgan fingerprint density at radius 2 is 1.62 bits per heavy atom. The van der Waals surface area contributed by atoms with Crippen LogP contribution >= 0.6 is 11.3 Å². The number of nitrogens with zero attached hydrogens (tertiary/aromatic N) is 3. The molecule has 7 nitrogen and oxygen atoms in total. The third-order valence-electron chi connectivity index (χ3n) is 6.28. The van der Waals surface area contributed by atoms with Crippen LogP contribution in [0.3, 0.4) is 0 Å². The van der Waals surface area contributed by atoms with Crippen LogP contribution in [0.1, 0.15) is 35.9 Å². The Kier molecular flexibility index (Phi) is 9.44. The number of carbonyl (C=O) groups is 1. The van der Waals surface area contributed by atoms with E-state index in [2.05, 4.69) is 24.0 Å². The van der Waals surface area contributed by atoms with Gasteiger partial charge in [-0.1, -0.05) is 19.4 Å². The Balaban J connectivity index is 1.64. The third-order valence-corrected chi connectivity index (χ3v) is 7.32. The molecular weight excluding hydrogens is 522 g/mol. The topological polar surface area (TPSA) is 87.7 Å². The van der Waals surface area contributed by atoms with Crippen molar-refractivity contribution in [3.63, 3.8) is 0 Å². The molecule has 0 radical (unpaired) electrons. The number of benzene rings is 2. The van der Waals surface area contributed by atoms with Gasteiger partial charge in [0.25, 0.3) is 0 Å². The minimum Gasteiger partial charge on any atom is -0.497 e. The number of rotatable bonds is 12. The smallest absolute Gasteiger partial charge is 0.346 e. The van der Waals surface area contributed by atoms with Crippen LogP contribution in [0.2, 0.25) is 0 Å². The van der Waals surface area contributed by atoms with Gasteiger partial charge in [0.05, 0.1) is 14.2 Å². The molecule has 1 N–H and O–H groups in total. The molecule has 2 aromatic heterocycles. The van der Waals surface area contributed by atoms with Crippen molar-refractivity contribution >= 4 is 51.9 Å². The SMILES string of the molecule is CCCCn1cc(/C=C/c2ccc(N(c3ccc(OC)cc3)c3ccc(OC)cc3)s2)cc1/C=C(\C#N)C(=O)O. The molecule has 0 atom stereocenters. The average molecular weight is 554 g/mol. The summed E-state index contributed by atoms with van der Waals surface area (Å²) in [6, 6.07) is 23.7. The fourth-order valence-electron chi connectivity index (χ4n) is 4.17. The Morgan fingerprint density at radius 3 is 2.15 bits per heavy atom. The molecule has 4 rings (SSSR count). The van der Waals surface area contributed by atoms with E-state index in [1.54, 1.807) is 31.6 Å². The van der Waals surface area contributed by atoms with Gasteiger partial charge in [0, 0.05) is 34.7 Å². The van der Waals surface area contributed by atoms with Crippen molar-refractivity contribution in [2.24, 2.45) is 0 Å². The van der Waals surface area contributed by atoms with E-state index >= 15 is 0 Å². The van der Waals surface area contributed by atoms with Crippen molar-refractivity contribution in [1.82, 2.24) is 4.57 Å². The number of nitriles is 1. The highest BCUT2D eigenvalue weighted by Gasteiger charge is 2.15. The third kappa shape index (κ3) is 6.82. The fourth-order valence-corrected chi connectivity index (χ4v) is 5.12. The fraction of sp³-hybridized carbons (Fsp3) is 0.188. The number of aryl methyl sites for hydroxylation is 1. The lowest BCUT2D eigenvalue weighted by Crippen LogP contribution is -2.08. The summed E-state index contributed by atoms with van der Waals surface area (Å²) in [6.45, 7) is 2.85. The molecule has 0 aliphatic carbocycles. The van der Waals surface area contributed by atoms with Crippen LogP contribution in [0.4, 0.5) is 16.4 Å². The quantitative estimate of drug-likeness (QED) is 0.141. The van der Waals surface area contributed by atoms with Gasteiger partial charge in [-0.15, -0.1) is 11.3 Å². The number of unbranched alkanes of at least 4 members (excludes halogenated alkanes) is 1. The van der Waals surface area contributed by atoms with E-state index in [1.807, 2.05) is 77.5 Å². The number of thiophene rings is 1. The Bertz CT molecular complexity index is 1490. The summed E-state index contributed by atoms with van der Waals surface area (Å²) in [5.74, 6) is 0.351. The molecule has 204 valence electrons. The number of methoxy groups -OCH3 is 2. The van der Waals surface area contributed by atoms with Crippen molar-refractivity contribution in [3.8, 4) is 17.6 Å². The van der Waals surface area contributed by atoms with E-state index in [1.165, 1.54) is 6.08 Å². The zero-order valence-corrected chi connectivity index (χ0v) is 23.5. The van der Waals surface area contributed by atoms with E-state index in [0.717, 1.165) is 57.7 Å². The van der Waals surface area contributed by atoms with Gasteiger partial charge in [-0.25, -0.2) is 4.79 Å². The Morgan fingerprint density at radius 1 is 1.00 bits per heavy atom. The molecule has 4 aromatic rings. The maximum atomic E-state index is 11.4. The number of carboxylic acids is 1. The van der Waals surface area contributed by atoms with Crippen LogP contribution < -0.4 is 14.4 Å². The van der Waals surface area contributed by atoms with Crippen LogP contribution in [-0.4, -0.2) is 29.9 Å². The number of aromatic nitrogens is 1. The largest absolute Gasteiger partial charge is 0.497 e. The van der Waals surface area contributed by atoms with E-state index in [0.29, 0.717) is 5.69 Å². The first-order chi connectivity index (χ1) is 19.4. The van der Waals surface area contributed by atoms with E-state index in [-0.39, 0.29) is 5.57 Å². The van der Waals surface area contributed by atoms with Crippen LogP contribution in [0.25, 0.3) is 18.2 Å². The van der Waals surface area contributed by atoms with E-state index < -0.39 is 5.97 Å². The molecule has 2 aromatic carbocycles. The summed E-state index contributed by atoms with van der Waals surface area (Å²) in [5.41, 5.74) is 3.34. The second-order valence-corrected chi connectivity index (χ2v) is 10.1. The van der Waals surface area contributed by atoms with Crippen molar-refractivity contribution in [2.75, 3.05) is 19.1 Å². The Hall–Kier alpha value is -4.74. The van der Waals surface area contributed by atoms with Gasteiger partial charge >= 0.3 is 5.97 Å². The first-order valence-corrected chi connectivity index (χ1v) is 13.7. The number of hydrogen-bond donors (Lipinski definition) is 1. The minimum atomic E-state index is -1.23. The molecule has 2 heterocycles. The summed E-state index contributed by atoms with van der Waals surface area (Å²) < 4.78 is 12.7. The minimum absolute atomic E-state index is 0.286. The van der Waals surface area contributed by atoms with Crippen molar-refractivity contribution in [3.05, 3.63) is 94.6 Å². The van der Waals surface area contributed by atoms with Crippen LogP contribution in [0, 0.1) is 11.3 Å². The number of anilines is 3. The summed E-state index contributed by atoms with van der Waals surface area (Å²) >= 11 is 1.65. The van der Waals surface area contributed by atoms with E-state index in [4.69, 9.17) is 9.47 Å². The van der Waals surface area contributed by atoms with Gasteiger partial charge in [0.2, 0.25) is 0 Å². The first-order valence-electron chi connectivity index (χ1n) is 12.9. The van der Waals surface area contributed by atoms with Gasteiger partial charge in [-0.3, -0.25) is 0 Å². The van der Waals surface area contributed by atoms with Gasteiger partial charge in [0.1, 0.15) is 28.1 Å². The maximum Gasteiger partial charge on any atom is 0.346 e. The van der Waals surface area contributed by atoms with Crippen LogP contribution in [-0.2, 0) is 11.3 Å². The number of ether oxygens (including phenoxy) is 2. The number of hydrogen-bond acceptors (Lipinski definition) is 6. The lowest BCUT2D eigenvalue weighted by molar-refractivity contribution is -0.132. The predicted octanol–water partition coefficient (Wildman–Crippen LogP) is 8.00. The monoisotopic (exact) mass is 553 g/mol. The first kappa shape index (κ1) is 28.3. The molecule has 0 saturated carbocycles. The molecule has 0 bridgehead atoms. The van der Waals surface area contributed by atoms with E-state index in [9.17, 15) is 15.2 Å². The summed E-state index contributed by atoms with van der Waals surface area (Å²) in [4.78, 5) is 14.6. The second-order valence-electron chi connectivity index (χ2n) is 8.96. The van der Waals surface area contributed by atoms with Gasteiger partial charge in [0.15, 0.2) is 0 Å². The zero-order chi connectivity index (χ0) is 28.5. The second kappa shape index (κ2) is 13.4. The molecule has 0 aliphatic heterocycles. The predicted molar refractivity (Wildman–Crippen MR) is 162 cm³/mol. The summed E-state index contributed by atoms with van der Waals surface area (Å²) in [5, 5.41) is 19.5. The number of aliphatic carboxylic acids is 1. The van der Waals surface area contributed by atoms with Crippen molar-refractivity contribution in [2.45, 2.75) is 26.3 Å². The normalized spacial score (nSPS) is 11.4. The molecule has 0 saturated heterocycles. The molecule has 0 amide bonds. The molecule has 8 heteroatoms. The summed E-state index contributed by atoms with van der Waals surface area (Å²) in [7, 11) is 3.31. The maximum absolute atomic E-state index is 11.4. The summed E-state index contributed by atoms with van der Waals surface area (Å²) in [6.07, 6.45) is 9.43. The highest BCUT2D eigenvalue weighted by molar-refractivity contribution is 7.17. The van der Waals surface area contributed by atoms with Crippen molar-refractivity contribution < 1.29 is 19.4 Å². The van der Waals surface area contributed by atoms with Crippen LogP contribution in [0.15, 0.2) is 78.5 Å². The molecule has 0 aliphatic rings. The highest BCUT2D eigenvalue weighted by Crippen LogP contribution is 2.40. The molecule has 0 unspecified atom stereocenters. The van der Waals surface area contributed by atoms with Gasteiger partial charge < -0.3 is 24.0 Å². The number of carboxylic acid groups (broad SMARTS) is 1.